The summed E-state index contributed by atoms with van der Waals surface area (Å²) in [7, 11) is 0. The number of nitrogens with zero attached hydrogens (tertiary/aromatic N) is 1. The maximum absolute atomic E-state index is 11.5. The van der Waals surface area contributed by atoms with Crippen LogP contribution in [0.4, 0.5) is 5.69 Å². The maximum Gasteiger partial charge on any atom is 0.161 e. The van der Waals surface area contributed by atoms with E-state index in [9.17, 15) is 4.79 Å². The molecule has 3 nitrogen and oxygen atoms in total. The number of benzene rings is 1. The SMILES string of the molecule is CC(=O)c1ccc(C#N)cc1NCCc1ccsc1. The van der Waals surface area contributed by atoms with Gasteiger partial charge in [0, 0.05) is 17.8 Å². The fourth-order valence-corrected chi connectivity index (χ4v) is 2.55. The topological polar surface area (TPSA) is 52.9 Å². The van der Waals surface area contributed by atoms with Crippen molar-refractivity contribution in [2.24, 2.45) is 0 Å². The Morgan fingerprint density at radius 3 is 2.89 bits per heavy atom. The maximum atomic E-state index is 11.5. The lowest BCUT2D eigenvalue weighted by atomic mass is 10.1. The van der Waals surface area contributed by atoms with E-state index in [1.165, 1.54) is 12.5 Å². The predicted molar refractivity (Wildman–Crippen MR) is 77.7 cm³/mol. The molecule has 1 N–H and O–H groups in total. The first-order valence-corrected chi connectivity index (χ1v) is 6.95. The second kappa shape index (κ2) is 6.17. The van der Waals surface area contributed by atoms with Gasteiger partial charge in [-0.25, -0.2) is 0 Å². The molecular formula is C15H14N2OS. The van der Waals surface area contributed by atoms with Gasteiger partial charge in [-0.2, -0.15) is 16.6 Å². The third kappa shape index (κ3) is 3.43. The van der Waals surface area contributed by atoms with Gasteiger partial charge in [-0.05, 0) is 53.9 Å². The van der Waals surface area contributed by atoms with Crippen LogP contribution < -0.4 is 5.32 Å². The Morgan fingerprint density at radius 1 is 1.42 bits per heavy atom. The van der Waals surface area contributed by atoms with Crippen molar-refractivity contribution < 1.29 is 4.79 Å². The highest BCUT2D eigenvalue weighted by atomic mass is 32.1. The van der Waals surface area contributed by atoms with Crippen LogP contribution in [-0.2, 0) is 6.42 Å². The molecule has 19 heavy (non-hydrogen) atoms. The van der Waals surface area contributed by atoms with Crippen molar-refractivity contribution in [3.05, 3.63) is 51.7 Å². The van der Waals surface area contributed by atoms with Crippen molar-refractivity contribution in [3.63, 3.8) is 0 Å². The molecule has 0 spiro atoms. The molecule has 0 aliphatic rings. The van der Waals surface area contributed by atoms with Gasteiger partial charge >= 0.3 is 0 Å². The second-order valence-corrected chi connectivity index (χ2v) is 5.02. The van der Waals surface area contributed by atoms with E-state index < -0.39 is 0 Å². The number of carbonyl (C=O) groups excluding carboxylic acids is 1. The van der Waals surface area contributed by atoms with E-state index in [0.717, 1.165) is 18.7 Å². The zero-order valence-corrected chi connectivity index (χ0v) is 11.5. The van der Waals surface area contributed by atoms with Gasteiger partial charge in [0.2, 0.25) is 0 Å². The average molecular weight is 270 g/mol. The molecule has 4 heteroatoms. The number of thiophene rings is 1. The van der Waals surface area contributed by atoms with Gasteiger partial charge in [0.1, 0.15) is 0 Å². The molecule has 0 amide bonds. The van der Waals surface area contributed by atoms with Crippen molar-refractivity contribution in [1.29, 1.82) is 5.26 Å². The fraction of sp³-hybridized carbons (Fsp3) is 0.200. The lowest BCUT2D eigenvalue weighted by molar-refractivity contribution is 0.101. The minimum atomic E-state index is 0.00234. The van der Waals surface area contributed by atoms with Crippen LogP contribution in [0, 0.1) is 11.3 Å². The van der Waals surface area contributed by atoms with Gasteiger partial charge in [-0.1, -0.05) is 0 Å². The number of nitrogens with one attached hydrogen (secondary N) is 1. The lowest BCUT2D eigenvalue weighted by Crippen LogP contribution is -2.08. The van der Waals surface area contributed by atoms with Gasteiger partial charge < -0.3 is 5.32 Å². The number of rotatable bonds is 5. The molecule has 0 saturated heterocycles. The van der Waals surface area contributed by atoms with Gasteiger partial charge in [-0.15, -0.1) is 0 Å². The molecule has 0 saturated carbocycles. The highest BCUT2D eigenvalue weighted by Crippen LogP contribution is 2.18. The summed E-state index contributed by atoms with van der Waals surface area (Å²) in [5, 5.41) is 16.3. The van der Waals surface area contributed by atoms with Crippen LogP contribution >= 0.6 is 11.3 Å². The third-order valence-corrected chi connectivity index (χ3v) is 3.57. The normalized spacial score (nSPS) is 9.89. The van der Waals surface area contributed by atoms with E-state index in [1.807, 2.05) is 5.38 Å². The van der Waals surface area contributed by atoms with Crippen molar-refractivity contribution in [2.45, 2.75) is 13.3 Å². The van der Waals surface area contributed by atoms with Crippen LogP contribution in [0.1, 0.15) is 28.4 Å². The van der Waals surface area contributed by atoms with E-state index in [-0.39, 0.29) is 5.78 Å². The van der Waals surface area contributed by atoms with Crippen LogP contribution in [0.3, 0.4) is 0 Å². The first kappa shape index (κ1) is 13.3. The van der Waals surface area contributed by atoms with E-state index in [1.54, 1.807) is 29.5 Å². The van der Waals surface area contributed by atoms with Gasteiger partial charge in [-0.3, -0.25) is 4.79 Å². The Balaban J connectivity index is 2.09. The van der Waals surface area contributed by atoms with Crippen molar-refractivity contribution in [2.75, 3.05) is 11.9 Å². The second-order valence-electron chi connectivity index (χ2n) is 4.24. The van der Waals surface area contributed by atoms with Crippen LogP contribution in [0.5, 0.6) is 0 Å². The molecule has 0 aliphatic carbocycles. The molecular weight excluding hydrogens is 256 g/mol. The Bertz CT molecular complexity index is 612. The van der Waals surface area contributed by atoms with Gasteiger partial charge in [0.15, 0.2) is 5.78 Å². The Labute approximate surface area is 116 Å². The Hall–Kier alpha value is -2.12. The first-order chi connectivity index (χ1) is 9.20. The number of hydrogen-bond acceptors (Lipinski definition) is 4. The minimum absolute atomic E-state index is 0.00234. The molecule has 1 heterocycles. The van der Waals surface area contributed by atoms with Crippen LogP contribution in [-0.4, -0.2) is 12.3 Å². The van der Waals surface area contributed by atoms with E-state index in [2.05, 4.69) is 22.8 Å². The van der Waals surface area contributed by atoms with E-state index >= 15 is 0 Å². The largest absolute Gasteiger partial charge is 0.384 e. The highest BCUT2D eigenvalue weighted by Gasteiger charge is 2.07. The van der Waals surface area contributed by atoms with E-state index in [0.29, 0.717) is 11.1 Å². The minimum Gasteiger partial charge on any atom is -0.384 e. The molecule has 2 aromatic rings. The lowest BCUT2D eigenvalue weighted by Gasteiger charge is -2.10. The van der Waals surface area contributed by atoms with Crippen molar-refractivity contribution in [3.8, 4) is 6.07 Å². The smallest absolute Gasteiger partial charge is 0.161 e. The monoisotopic (exact) mass is 270 g/mol. The zero-order valence-electron chi connectivity index (χ0n) is 10.6. The molecule has 0 atom stereocenters. The highest BCUT2D eigenvalue weighted by molar-refractivity contribution is 7.07. The number of ketones is 1. The molecule has 2 rings (SSSR count). The molecule has 96 valence electrons. The Morgan fingerprint density at radius 2 is 2.26 bits per heavy atom. The molecule has 0 unspecified atom stereocenters. The first-order valence-electron chi connectivity index (χ1n) is 6.00. The van der Waals surface area contributed by atoms with Gasteiger partial charge in [0.05, 0.1) is 11.6 Å². The predicted octanol–water partition coefficient (Wildman–Crippen LogP) is 3.48. The summed E-state index contributed by atoms with van der Waals surface area (Å²) < 4.78 is 0. The summed E-state index contributed by atoms with van der Waals surface area (Å²) in [6.07, 6.45) is 0.900. The summed E-state index contributed by atoms with van der Waals surface area (Å²) in [5.41, 5.74) is 3.20. The summed E-state index contributed by atoms with van der Waals surface area (Å²) in [4.78, 5) is 11.5. The number of carbonyl (C=O) groups is 1. The van der Waals surface area contributed by atoms with Gasteiger partial charge in [0.25, 0.3) is 0 Å². The number of Topliss-reactive ketones (excluding diaryl/α,β-unsaturated/α-hetero) is 1. The van der Waals surface area contributed by atoms with Crippen molar-refractivity contribution in [1.82, 2.24) is 0 Å². The fourth-order valence-electron chi connectivity index (χ4n) is 1.84. The van der Waals surface area contributed by atoms with Crippen LogP contribution in [0.2, 0.25) is 0 Å². The number of anilines is 1. The van der Waals surface area contributed by atoms with E-state index in [4.69, 9.17) is 5.26 Å². The standard InChI is InChI=1S/C15H14N2OS/c1-11(18)14-3-2-13(9-16)8-15(14)17-6-4-12-5-7-19-10-12/h2-3,5,7-8,10,17H,4,6H2,1H3. The third-order valence-electron chi connectivity index (χ3n) is 2.84. The molecule has 0 aliphatic heterocycles. The number of hydrogen-bond donors (Lipinski definition) is 1. The number of nitriles is 1. The summed E-state index contributed by atoms with van der Waals surface area (Å²) >= 11 is 1.68. The quantitative estimate of drug-likeness (QED) is 0.846. The molecule has 0 fully saturated rings. The summed E-state index contributed by atoms with van der Waals surface area (Å²) in [6.45, 7) is 2.28. The molecule has 1 aromatic heterocycles. The summed E-state index contributed by atoms with van der Waals surface area (Å²) in [5.74, 6) is 0.00234. The molecule has 0 bridgehead atoms. The molecule has 1 aromatic carbocycles. The van der Waals surface area contributed by atoms with Crippen LogP contribution in [0.15, 0.2) is 35.0 Å². The zero-order chi connectivity index (χ0) is 13.7. The van der Waals surface area contributed by atoms with Crippen molar-refractivity contribution >= 4 is 22.8 Å². The average Bonchev–Trinajstić information content (AvgIpc) is 2.91. The van der Waals surface area contributed by atoms with Crippen LogP contribution in [0.25, 0.3) is 0 Å². The summed E-state index contributed by atoms with van der Waals surface area (Å²) in [6, 6.07) is 9.27. The molecule has 0 radical (unpaired) electrons. The Kier molecular flexibility index (Phi) is 4.32.